The van der Waals surface area contributed by atoms with Crippen LogP contribution in [0.2, 0.25) is 0 Å². The van der Waals surface area contributed by atoms with Gasteiger partial charge in [0.15, 0.2) is 5.65 Å². The SMILES string of the molecule is NCc1cccc2nnc(Cc3ccco3)n12. The predicted molar refractivity (Wildman–Crippen MR) is 62.4 cm³/mol. The second-order valence-corrected chi connectivity index (χ2v) is 3.79. The van der Waals surface area contributed by atoms with Gasteiger partial charge in [0.1, 0.15) is 11.6 Å². The van der Waals surface area contributed by atoms with E-state index in [9.17, 15) is 0 Å². The Morgan fingerprint density at radius 2 is 2.12 bits per heavy atom. The minimum atomic E-state index is 0.459. The van der Waals surface area contributed by atoms with Crippen LogP contribution in [-0.2, 0) is 13.0 Å². The molecule has 0 saturated heterocycles. The Labute approximate surface area is 97.9 Å². The van der Waals surface area contributed by atoms with Crippen LogP contribution in [0.25, 0.3) is 5.65 Å². The molecule has 2 N–H and O–H groups in total. The standard InChI is InChI=1S/C12H12N4O/c13-8-9-3-1-5-11-14-15-12(16(9)11)7-10-4-2-6-17-10/h1-6H,7-8,13H2. The molecule has 0 aliphatic carbocycles. The third-order valence-corrected chi connectivity index (χ3v) is 2.70. The summed E-state index contributed by atoms with van der Waals surface area (Å²) in [6.07, 6.45) is 2.27. The molecule has 0 aliphatic heterocycles. The molecule has 3 aromatic rings. The second kappa shape index (κ2) is 4.03. The fourth-order valence-electron chi connectivity index (χ4n) is 1.91. The van der Waals surface area contributed by atoms with Crippen molar-refractivity contribution in [3.63, 3.8) is 0 Å². The highest BCUT2D eigenvalue weighted by Gasteiger charge is 2.10. The van der Waals surface area contributed by atoms with Crippen LogP contribution in [-0.4, -0.2) is 14.6 Å². The Morgan fingerprint density at radius 3 is 2.88 bits per heavy atom. The molecule has 3 rings (SSSR count). The van der Waals surface area contributed by atoms with Gasteiger partial charge in [0.2, 0.25) is 0 Å². The average Bonchev–Trinajstić information content (AvgIpc) is 2.99. The number of nitrogens with two attached hydrogens (primary N) is 1. The molecule has 0 saturated carbocycles. The minimum Gasteiger partial charge on any atom is -0.469 e. The van der Waals surface area contributed by atoms with E-state index in [4.69, 9.17) is 10.2 Å². The molecule has 0 unspecified atom stereocenters. The Balaban J connectivity index is 2.10. The zero-order valence-corrected chi connectivity index (χ0v) is 9.21. The summed E-state index contributed by atoms with van der Waals surface area (Å²) in [5.41, 5.74) is 7.53. The summed E-state index contributed by atoms with van der Waals surface area (Å²) in [6.45, 7) is 0.459. The first-order valence-corrected chi connectivity index (χ1v) is 5.43. The van der Waals surface area contributed by atoms with Gasteiger partial charge in [-0.25, -0.2) is 0 Å². The molecule has 0 bridgehead atoms. The zero-order chi connectivity index (χ0) is 11.7. The minimum absolute atomic E-state index is 0.459. The van der Waals surface area contributed by atoms with Crippen molar-refractivity contribution in [3.8, 4) is 0 Å². The number of hydrogen-bond donors (Lipinski definition) is 1. The summed E-state index contributed by atoms with van der Waals surface area (Å²) >= 11 is 0. The van der Waals surface area contributed by atoms with E-state index in [2.05, 4.69) is 10.2 Å². The third kappa shape index (κ3) is 1.70. The number of pyridine rings is 1. The van der Waals surface area contributed by atoms with Gasteiger partial charge in [0.05, 0.1) is 12.7 Å². The smallest absolute Gasteiger partial charge is 0.161 e. The van der Waals surface area contributed by atoms with Gasteiger partial charge in [-0.15, -0.1) is 10.2 Å². The van der Waals surface area contributed by atoms with Crippen molar-refractivity contribution in [1.82, 2.24) is 14.6 Å². The van der Waals surface area contributed by atoms with Crippen molar-refractivity contribution in [2.24, 2.45) is 5.73 Å². The highest BCUT2D eigenvalue weighted by atomic mass is 16.3. The first kappa shape index (κ1) is 10.0. The molecule has 0 spiro atoms. The van der Waals surface area contributed by atoms with Crippen LogP contribution in [0.4, 0.5) is 0 Å². The van der Waals surface area contributed by atoms with Crippen molar-refractivity contribution >= 4 is 5.65 Å². The lowest BCUT2D eigenvalue weighted by molar-refractivity contribution is 0.516. The lowest BCUT2D eigenvalue weighted by Crippen LogP contribution is -2.06. The molecule has 0 aliphatic rings. The van der Waals surface area contributed by atoms with Gasteiger partial charge in [-0.05, 0) is 24.3 Å². The molecule has 0 atom stereocenters. The lowest BCUT2D eigenvalue weighted by Gasteiger charge is -2.04. The monoisotopic (exact) mass is 228 g/mol. The second-order valence-electron chi connectivity index (χ2n) is 3.79. The van der Waals surface area contributed by atoms with Gasteiger partial charge in [0, 0.05) is 12.2 Å². The first-order valence-electron chi connectivity index (χ1n) is 5.43. The number of rotatable bonds is 3. The van der Waals surface area contributed by atoms with Gasteiger partial charge in [-0.3, -0.25) is 4.40 Å². The van der Waals surface area contributed by atoms with Crippen LogP contribution in [0.15, 0.2) is 41.0 Å². The van der Waals surface area contributed by atoms with E-state index in [1.165, 1.54) is 0 Å². The molecule has 0 fully saturated rings. The molecule has 5 heteroatoms. The fraction of sp³-hybridized carbons (Fsp3) is 0.167. The molecule has 3 heterocycles. The lowest BCUT2D eigenvalue weighted by atomic mass is 10.3. The van der Waals surface area contributed by atoms with Crippen molar-refractivity contribution in [1.29, 1.82) is 0 Å². The molecular formula is C12H12N4O. The van der Waals surface area contributed by atoms with Crippen LogP contribution in [0.5, 0.6) is 0 Å². The van der Waals surface area contributed by atoms with E-state index >= 15 is 0 Å². The van der Waals surface area contributed by atoms with Crippen LogP contribution in [0, 0.1) is 0 Å². The molecule has 5 nitrogen and oxygen atoms in total. The van der Waals surface area contributed by atoms with Crippen LogP contribution in [0.1, 0.15) is 17.3 Å². The number of nitrogens with zero attached hydrogens (tertiary/aromatic N) is 3. The van der Waals surface area contributed by atoms with E-state index < -0.39 is 0 Å². The third-order valence-electron chi connectivity index (χ3n) is 2.70. The van der Waals surface area contributed by atoms with E-state index in [1.807, 2.05) is 34.7 Å². The topological polar surface area (TPSA) is 69.3 Å². The van der Waals surface area contributed by atoms with E-state index in [1.54, 1.807) is 6.26 Å². The number of fused-ring (bicyclic) bond motifs is 1. The zero-order valence-electron chi connectivity index (χ0n) is 9.21. The predicted octanol–water partition coefficient (Wildman–Crippen LogP) is 1.37. The van der Waals surface area contributed by atoms with Crippen LogP contribution >= 0.6 is 0 Å². The summed E-state index contributed by atoms with van der Waals surface area (Å²) in [6, 6.07) is 9.61. The largest absolute Gasteiger partial charge is 0.469 e. The Hall–Kier alpha value is -2.14. The molecule has 17 heavy (non-hydrogen) atoms. The quantitative estimate of drug-likeness (QED) is 0.735. The van der Waals surface area contributed by atoms with Gasteiger partial charge in [-0.2, -0.15) is 0 Å². The van der Waals surface area contributed by atoms with Crippen LogP contribution < -0.4 is 5.73 Å². The van der Waals surface area contributed by atoms with Crippen molar-refractivity contribution < 1.29 is 4.42 Å². The number of hydrogen-bond acceptors (Lipinski definition) is 4. The molecule has 86 valence electrons. The van der Waals surface area contributed by atoms with Crippen molar-refractivity contribution in [3.05, 3.63) is 53.9 Å². The van der Waals surface area contributed by atoms with Gasteiger partial charge in [0.25, 0.3) is 0 Å². The number of aromatic nitrogens is 3. The van der Waals surface area contributed by atoms with Gasteiger partial charge < -0.3 is 10.2 Å². The van der Waals surface area contributed by atoms with E-state index in [0.29, 0.717) is 13.0 Å². The highest BCUT2D eigenvalue weighted by molar-refractivity contribution is 5.40. The molecule has 3 aromatic heterocycles. The fourth-order valence-corrected chi connectivity index (χ4v) is 1.91. The summed E-state index contributed by atoms with van der Waals surface area (Å²) in [4.78, 5) is 0. The van der Waals surface area contributed by atoms with E-state index in [-0.39, 0.29) is 0 Å². The maximum Gasteiger partial charge on any atom is 0.161 e. The Bertz CT molecular complexity index is 627. The summed E-state index contributed by atoms with van der Waals surface area (Å²) in [5, 5.41) is 8.30. The first-order chi connectivity index (χ1) is 8.38. The van der Waals surface area contributed by atoms with Crippen LogP contribution in [0.3, 0.4) is 0 Å². The number of furan rings is 1. The molecule has 0 aromatic carbocycles. The van der Waals surface area contributed by atoms with Gasteiger partial charge >= 0.3 is 0 Å². The normalized spacial score (nSPS) is 11.1. The molecule has 0 amide bonds. The molecular weight excluding hydrogens is 216 g/mol. The average molecular weight is 228 g/mol. The molecule has 0 radical (unpaired) electrons. The van der Waals surface area contributed by atoms with Crippen molar-refractivity contribution in [2.45, 2.75) is 13.0 Å². The summed E-state index contributed by atoms with van der Waals surface area (Å²) in [7, 11) is 0. The maximum absolute atomic E-state index is 5.72. The van der Waals surface area contributed by atoms with E-state index in [0.717, 1.165) is 22.9 Å². The van der Waals surface area contributed by atoms with Gasteiger partial charge in [-0.1, -0.05) is 6.07 Å². The maximum atomic E-state index is 5.72. The highest BCUT2D eigenvalue weighted by Crippen LogP contribution is 2.12. The Morgan fingerprint density at radius 1 is 1.18 bits per heavy atom. The summed E-state index contributed by atoms with van der Waals surface area (Å²) < 4.78 is 7.29. The van der Waals surface area contributed by atoms with Crippen molar-refractivity contribution in [2.75, 3.05) is 0 Å². The Kier molecular flexibility index (Phi) is 2.38. The summed E-state index contributed by atoms with van der Waals surface area (Å²) in [5.74, 6) is 1.71.